The third-order valence-corrected chi connectivity index (χ3v) is 2.69. The summed E-state index contributed by atoms with van der Waals surface area (Å²) in [5.41, 5.74) is 0.874. The van der Waals surface area contributed by atoms with Crippen LogP contribution in [0.1, 0.15) is 12.0 Å². The van der Waals surface area contributed by atoms with Crippen LogP contribution < -0.4 is 15.4 Å². The molecular formula is C12H17NO4. The summed E-state index contributed by atoms with van der Waals surface area (Å²) in [7, 11) is 1.61. The minimum atomic E-state index is 0.0721. The molecule has 1 aromatic carbocycles. The Bertz CT molecular complexity index is 364. The number of methoxy groups -OCH3 is 1. The molecule has 0 aromatic heterocycles. The molecule has 0 bridgehead atoms. The van der Waals surface area contributed by atoms with E-state index in [9.17, 15) is 0 Å². The van der Waals surface area contributed by atoms with Crippen molar-refractivity contribution in [2.45, 2.75) is 19.1 Å². The maximum atomic E-state index is 5.90. The molecule has 1 heterocycles. The van der Waals surface area contributed by atoms with Crippen LogP contribution in [0.3, 0.4) is 0 Å². The van der Waals surface area contributed by atoms with Gasteiger partial charge in [0.05, 0.1) is 26.9 Å². The van der Waals surface area contributed by atoms with Crippen molar-refractivity contribution in [2.75, 3.05) is 20.3 Å². The Labute approximate surface area is 100 Å². The van der Waals surface area contributed by atoms with E-state index in [1.807, 2.05) is 18.2 Å². The molecule has 5 nitrogen and oxygen atoms in total. The van der Waals surface area contributed by atoms with Crippen LogP contribution in [-0.2, 0) is 16.2 Å². The first kappa shape index (κ1) is 12.2. The molecular weight excluding hydrogens is 222 g/mol. The smallest absolute Gasteiger partial charge is 0.167 e. The van der Waals surface area contributed by atoms with E-state index in [4.69, 9.17) is 20.1 Å². The quantitative estimate of drug-likeness (QED) is 0.783. The summed E-state index contributed by atoms with van der Waals surface area (Å²) in [5, 5.41) is 0. The Kier molecular flexibility index (Phi) is 4.19. The van der Waals surface area contributed by atoms with Crippen molar-refractivity contribution < 1.29 is 19.0 Å². The molecule has 17 heavy (non-hydrogen) atoms. The highest BCUT2D eigenvalue weighted by Gasteiger charge is 2.20. The van der Waals surface area contributed by atoms with Crippen molar-refractivity contribution in [3.05, 3.63) is 23.8 Å². The standard InChI is InChI=1S/C12H17NO4/c1-14-11-4-2-3-9(7-16-13)12(11)17-10-5-6-15-8-10/h2-4,10H,5-8,13H2,1H3. The second-order valence-corrected chi connectivity index (χ2v) is 3.86. The van der Waals surface area contributed by atoms with Gasteiger partial charge < -0.3 is 14.2 Å². The summed E-state index contributed by atoms with van der Waals surface area (Å²) in [6, 6.07) is 5.64. The van der Waals surface area contributed by atoms with E-state index in [-0.39, 0.29) is 6.10 Å². The number of rotatable bonds is 5. The van der Waals surface area contributed by atoms with Crippen LogP contribution in [0.2, 0.25) is 0 Å². The van der Waals surface area contributed by atoms with Gasteiger partial charge in [-0.2, -0.15) is 0 Å². The van der Waals surface area contributed by atoms with Gasteiger partial charge in [-0.3, -0.25) is 4.84 Å². The molecule has 1 saturated heterocycles. The predicted octanol–water partition coefficient (Wildman–Crippen LogP) is 1.25. The SMILES string of the molecule is COc1cccc(CON)c1OC1CCOC1. The Balaban J connectivity index is 2.20. The van der Waals surface area contributed by atoms with E-state index in [0.29, 0.717) is 24.7 Å². The fourth-order valence-electron chi connectivity index (χ4n) is 1.83. The fraction of sp³-hybridized carbons (Fsp3) is 0.500. The summed E-state index contributed by atoms with van der Waals surface area (Å²) in [5.74, 6) is 6.49. The molecule has 1 fully saturated rings. The molecule has 1 aliphatic heterocycles. The first-order valence-electron chi connectivity index (χ1n) is 5.57. The molecule has 0 spiro atoms. The Hall–Kier alpha value is -1.30. The van der Waals surface area contributed by atoms with Gasteiger partial charge >= 0.3 is 0 Å². The lowest BCUT2D eigenvalue weighted by Crippen LogP contribution is -2.17. The Morgan fingerprint density at radius 3 is 3.00 bits per heavy atom. The van der Waals surface area contributed by atoms with Crippen LogP contribution >= 0.6 is 0 Å². The van der Waals surface area contributed by atoms with Gasteiger partial charge in [0, 0.05) is 12.0 Å². The van der Waals surface area contributed by atoms with E-state index in [0.717, 1.165) is 18.6 Å². The van der Waals surface area contributed by atoms with Crippen LogP contribution in [0.15, 0.2) is 18.2 Å². The molecule has 2 rings (SSSR count). The zero-order valence-corrected chi connectivity index (χ0v) is 9.85. The minimum absolute atomic E-state index is 0.0721. The van der Waals surface area contributed by atoms with Crippen LogP contribution in [-0.4, -0.2) is 26.4 Å². The third-order valence-electron chi connectivity index (χ3n) is 2.69. The maximum Gasteiger partial charge on any atom is 0.167 e. The van der Waals surface area contributed by atoms with Gasteiger partial charge in [-0.1, -0.05) is 12.1 Å². The van der Waals surface area contributed by atoms with Crippen molar-refractivity contribution in [2.24, 2.45) is 5.90 Å². The van der Waals surface area contributed by atoms with E-state index < -0.39 is 0 Å². The lowest BCUT2D eigenvalue weighted by molar-refractivity contribution is 0.112. The highest BCUT2D eigenvalue weighted by molar-refractivity contribution is 5.46. The Morgan fingerprint density at radius 1 is 1.47 bits per heavy atom. The number of nitrogens with two attached hydrogens (primary N) is 1. The van der Waals surface area contributed by atoms with Gasteiger partial charge in [-0.25, -0.2) is 5.90 Å². The second kappa shape index (κ2) is 5.86. The zero-order chi connectivity index (χ0) is 12.1. The van der Waals surface area contributed by atoms with Crippen molar-refractivity contribution in [1.82, 2.24) is 0 Å². The highest BCUT2D eigenvalue weighted by Crippen LogP contribution is 2.33. The summed E-state index contributed by atoms with van der Waals surface area (Å²) >= 11 is 0. The van der Waals surface area contributed by atoms with E-state index in [1.165, 1.54) is 0 Å². The predicted molar refractivity (Wildman–Crippen MR) is 61.8 cm³/mol. The van der Waals surface area contributed by atoms with Crippen molar-refractivity contribution in [1.29, 1.82) is 0 Å². The molecule has 0 aliphatic carbocycles. The second-order valence-electron chi connectivity index (χ2n) is 3.86. The van der Waals surface area contributed by atoms with Gasteiger partial charge in [0.25, 0.3) is 0 Å². The number of hydrogen-bond donors (Lipinski definition) is 1. The molecule has 0 radical (unpaired) electrons. The average Bonchev–Trinajstić information content (AvgIpc) is 2.84. The first-order chi connectivity index (χ1) is 8.35. The highest BCUT2D eigenvalue weighted by atomic mass is 16.6. The molecule has 1 unspecified atom stereocenters. The molecule has 1 atom stereocenters. The lowest BCUT2D eigenvalue weighted by atomic mass is 10.2. The molecule has 94 valence electrons. The normalized spacial score (nSPS) is 19.3. The van der Waals surface area contributed by atoms with E-state index in [1.54, 1.807) is 7.11 Å². The minimum Gasteiger partial charge on any atom is -0.493 e. The summed E-state index contributed by atoms with van der Waals surface area (Å²) < 4.78 is 16.5. The van der Waals surface area contributed by atoms with Crippen molar-refractivity contribution in [3.63, 3.8) is 0 Å². The third kappa shape index (κ3) is 2.88. The zero-order valence-electron chi connectivity index (χ0n) is 9.85. The number of ether oxygens (including phenoxy) is 3. The van der Waals surface area contributed by atoms with Crippen LogP contribution in [0.4, 0.5) is 0 Å². The summed E-state index contributed by atoms with van der Waals surface area (Å²) in [4.78, 5) is 4.67. The summed E-state index contributed by atoms with van der Waals surface area (Å²) in [6.07, 6.45) is 0.962. The molecule has 2 N–H and O–H groups in total. The molecule has 5 heteroatoms. The van der Waals surface area contributed by atoms with Gasteiger partial charge in [0.2, 0.25) is 0 Å². The number of benzene rings is 1. The van der Waals surface area contributed by atoms with Crippen LogP contribution in [0, 0.1) is 0 Å². The monoisotopic (exact) mass is 239 g/mol. The fourth-order valence-corrected chi connectivity index (χ4v) is 1.83. The van der Waals surface area contributed by atoms with Gasteiger partial charge in [0.15, 0.2) is 11.5 Å². The van der Waals surface area contributed by atoms with Gasteiger partial charge in [-0.05, 0) is 6.07 Å². The largest absolute Gasteiger partial charge is 0.493 e. The maximum absolute atomic E-state index is 5.90. The number of para-hydroxylation sites is 1. The summed E-state index contributed by atoms with van der Waals surface area (Å²) in [6.45, 7) is 1.64. The molecule has 1 aliphatic rings. The van der Waals surface area contributed by atoms with Crippen LogP contribution in [0.5, 0.6) is 11.5 Å². The molecule has 1 aromatic rings. The Morgan fingerprint density at radius 2 is 2.35 bits per heavy atom. The van der Waals surface area contributed by atoms with E-state index in [2.05, 4.69) is 4.84 Å². The molecule has 0 saturated carbocycles. The van der Waals surface area contributed by atoms with Crippen LogP contribution in [0.25, 0.3) is 0 Å². The van der Waals surface area contributed by atoms with Gasteiger partial charge in [-0.15, -0.1) is 0 Å². The first-order valence-corrected chi connectivity index (χ1v) is 5.57. The topological polar surface area (TPSA) is 62.9 Å². The van der Waals surface area contributed by atoms with E-state index >= 15 is 0 Å². The van der Waals surface area contributed by atoms with Crippen molar-refractivity contribution in [3.8, 4) is 11.5 Å². The number of hydrogen-bond acceptors (Lipinski definition) is 5. The molecule has 0 amide bonds. The van der Waals surface area contributed by atoms with Gasteiger partial charge in [0.1, 0.15) is 6.10 Å². The average molecular weight is 239 g/mol. The van der Waals surface area contributed by atoms with Crippen molar-refractivity contribution >= 4 is 0 Å². The lowest BCUT2D eigenvalue weighted by Gasteiger charge is -2.17.